The highest BCUT2D eigenvalue weighted by Crippen LogP contribution is 2.37. The summed E-state index contributed by atoms with van der Waals surface area (Å²) in [4.78, 5) is -0.170. The third kappa shape index (κ3) is 5.22. The number of hydrogen-bond donors (Lipinski definition) is 0. The second kappa shape index (κ2) is 7.47. The molecule has 0 aliphatic rings. The Morgan fingerprint density at radius 1 is 1.08 bits per heavy atom. The van der Waals surface area contributed by atoms with Crippen LogP contribution in [0.4, 0.5) is 13.2 Å². The van der Waals surface area contributed by atoms with Gasteiger partial charge in [0, 0.05) is 18.5 Å². The van der Waals surface area contributed by atoms with Gasteiger partial charge in [-0.25, -0.2) is 8.42 Å². The number of benzene rings is 2. The van der Waals surface area contributed by atoms with Crippen LogP contribution in [0.2, 0.25) is 0 Å². The Bertz CT molecular complexity index is 872. The van der Waals surface area contributed by atoms with Gasteiger partial charge in [-0.1, -0.05) is 12.1 Å². The van der Waals surface area contributed by atoms with Crippen LogP contribution in [0.15, 0.2) is 58.3 Å². The number of sulfonamides is 1. The van der Waals surface area contributed by atoms with E-state index in [1.807, 2.05) is 6.07 Å². The van der Waals surface area contributed by atoms with E-state index in [1.54, 1.807) is 24.3 Å². The van der Waals surface area contributed by atoms with E-state index in [2.05, 4.69) is 0 Å². The van der Waals surface area contributed by atoms with Crippen molar-refractivity contribution in [3.63, 3.8) is 0 Å². The summed E-state index contributed by atoms with van der Waals surface area (Å²) in [6.07, 6.45) is 0. The van der Waals surface area contributed by atoms with Gasteiger partial charge < -0.3 is 0 Å². The number of nitrogens with zero attached hydrogens (tertiary/aromatic N) is 2. The first kappa shape index (κ1) is 19.3. The maximum absolute atomic E-state index is 12.5. The Hall–Kier alpha value is -2.02. The van der Waals surface area contributed by atoms with E-state index in [0.29, 0.717) is 11.1 Å². The molecule has 0 amide bonds. The summed E-state index contributed by atoms with van der Waals surface area (Å²) in [5, 5.41) is 8.75. The maximum Gasteiger partial charge on any atom is 0.446 e. The fourth-order valence-corrected chi connectivity index (χ4v) is 3.72. The van der Waals surface area contributed by atoms with Gasteiger partial charge in [-0.15, -0.1) is 0 Å². The molecule has 0 saturated carbocycles. The fourth-order valence-electron chi connectivity index (χ4n) is 2.02. The van der Waals surface area contributed by atoms with Crippen molar-refractivity contribution in [1.82, 2.24) is 4.31 Å². The molecule has 0 fully saturated rings. The lowest BCUT2D eigenvalue weighted by Gasteiger charge is -2.17. The number of nitriles is 1. The summed E-state index contributed by atoms with van der Waals surface area (Å²) in [6, 6.07) is 13.0. The molecule has 0 saturated heterocycles. The lowest BCUT2D eigenvalue weighted by atomic mass is 10.1. The minimum Gasteiger partial charge on any atom is -0.207 e. The average molecular weight is 386 g/mol. The molecule has 4 nitrogen and oxygen atoms in total. The van der Waals surface area contributed by atoms with E-state index < -0.39 is 15.5 Å². The van der Waals surface area contributed by atoms with Crippen molar-refractivity contribution in [1.29, 1.82) is 5.26 Å². The summed E-state index contributed by atoms with van der Waals surface area (Å²) >= 11 is -0.300. The molecule has 25 heavy (non-hydrogen) atoms. The number of halogens is 3. The van der Waals surface area contributed by atoms with Crippen molar-refractivity contribution in [2.24, 2.45) is 0 Å². The first-order valence-electron chi connectivity index (χ1n) is 6.93. The molecule has 0 aliphatic carbocycles. The number of rotatable bonds is 5. The molecule has 0 heterocycles. The standard InChI is InChI=1S/C16H13F3N2O2S2/c1-21(11-13-4-2-12(10-20)3-5-13)25(22,23)15-8-6-14(7-9-15)24-16(17,18)19/h2-9H,11H2,1H3. The quantitative estimate of drug-likeness (QED) is 0.729. The van der Waals surface area contributed by atoms with Crippen molar-refractivity contribution in [2.45, 2.75) is 21.8 Å². The topological polar surface area (TPSA) is 61.2 Å². The van der Waals surface area contributed by atoms with Crippen molar-refractivity contribution in [2.75, 3.05) is 7.05 Å². The zero-order valence-corrected chi connectivity index (χ0v) is 14.6. The monoisotopic (exact) mass is 386 g/mol. The molecule has 0 aliphatic heterocycles. The Kier molecular flexibility index (Phi) is 5.77. The zero-order valence-electron chi connectivity index (χ0n) is 13.0. The Morgan fingerprint density at radius 3 is 2.12 bits per heavy atom. The summed E-state index contributed by atoms with van der Waals surface area (Å²) in [5.41, 5.74) is -3.27. The fraction of sp³-hybridized carbons (Fsp3) is 0.188. The van der Waals surface area contributed by atoms with Crippen LogP contribution in [0, 0.1) is 11.3 Å². The van der Waals surface area contributed by atoms with Gasteiger partial charge in [0.1, 0.15) is 0 Å². The van der Waals surface area contributed by atoms with E-state index in [1.165, 1.54) is 7.05 Å². The highest BCUT2D eigenvalue weighted by atomic mass is 32.2. The van der Waals surface area contributed by atoms with E-state index in [4.69, 9.17) is 5.26 Å². The number of alkyl halides is 3. The van der Waals surface area contributed by atoms with Crippen LogP contribution in [0.1, 0.15) is 11.1 Å². The molecule has 2 rings (SSSR count). The molecule has 9 heteroatoms. The molecular formula is C16H13F3N2O2S2. The maximum atomic E-state index is 12.5. The molecule has 0 radical (unpaired) electrons. The third-order valence-electron chi connectivity index (χ3n) is 3.25. The van der Waals surface area contributed by atoms with Crippen molar-refractivity contribution < 1.29 is 21.6 Å². The number of thioether (sulfide) groups is 1. The SMILES string of the molecule is CN(Cc1ccc(C#N)cc1)S(=O)(=O)c1ccc(SC(F)(F)F)cc1. The molecular weight excluding hydrogens is 373 g/mol. The zero-order chi connectivity index (χ0) is 18.7. The minimum absolute atomic E-state index is 0.0765. The van der Waals surface area contributed by atoms with Gasteiger partial charge in [-0.2, -0.15) is 22.7 Å². The molecule has 0 aromatic heterocycles. The van der Waals surface area contributed by atoms with Gasteiger partial charge in [0.05, 0.1) is 16.5 Å². The second-order valence-corrected chi connectivity index (χ2v) is 8.27. The minimum atomic E-state index is -4.42. The van der Waals surface area contributed by atoms with Gasteiger partial charge in [-0.05, 0) is 53.7 Å². The lowest BCUT2D eigenvalue weighted by molar-refractivity contribution is -0.0328. The Labute approximate surface area is 147 Å². The highest BCUT2D eigenvalue weighted by Gasteiger charge is 2.29. The second-order valence-electron chi connectivity index (χ2n) is 5.09. The van der Waals surface area contributed by atoms with Gasteiger partial charge >= 0.3 is 5.51 Å². The van der Waals surface area contributed by atoms with Crippen molar-refractivity contribution in [3.05, 3.63) is 59.7 Å². The summed E-state index contributed by atoms with van der Waals surface area (Å²) < 4.78 is 63.0. The van der Waals surface area contributed by atoms with Gasteiger partial charge in [0.25, 0.3) is 0 Å². The van der Waals surface area contributed by atoms with Gasteiger partial charge in [0.2, 0.25) is 10.0 Å². The average Bonchev–Trinajstić information content (AvgIpc) is 2.54. The first-order chi connectivity index (χ1) is 11.6. The van der Waals surface area contributed by atoms with Crippen LogP contribution in [0.3, 0.4) is 0 Å². The molecule has 0 N–H and O–H groups in total. The van der Waals surface area contributed by atoms with Crippen LogP contribution in [0.5, 0.6) is 0 Å². The molecule has 2 aromatic carbocycles. The van der Waals surface area contributed by atoms with E-state index in [0.717, 1.165) is 28.6 Å². The van der Waals surface area contributed by atoms with Crippen molar-refractivity contribution >= 4 is 21.8 Å². The smallest absolute Gasteiger partial charge is 0.207 e. The van der Waals surface area contributed by atoms with E-state index >= 15 is 0 Å². The predicted molar refractivity (Wildman–Crippen MR) is 88.2 cm³/mol. The normalized spacial score (nSPS) is 12.2. The van der Waals surface area contributed by atoms with Crippen molar-refractivity contribution in [3.8, 4) is 6.07 Å². The van der Waals surface area contributed by atoms with Crippen LogP contribution >= 0.6 is 11.8 Å². The summed E-state index contributed by atoms with van der Waals surface area (Å²) in [6.45, 7) is 0.0765. The predicted octanol–water partition coefficient (Wildman–Crippen LogP) is 3.99. The lowest BCUT2D eigenvalue weighted by Crippen LogP contribution is -2.26. The van der Waals surface area contributed by atoms with E-state index in [-0.39, 0.29) is 28.1 Å². The molecule has 0 unspecified atom stereocenters. The highest BCUT2D eigenvalue weighted by molar-refractivity contribution is 8.00. The van der Waals surface area contributed by atoms with Crippen LogP contribution in [0.25, 0.3) is 0 Å². The van der Waals surface area contributed by atoms with Crippen LogP contribution in [-0.2, 0) is 16.6 Å². The molecule has 0 spiro atoms. The summed E-state index contributed by atoms with van der Waals surface area (Å²) in [5.74, 6) is 0. The van der Waals surface area contributed by atoms with Gasteiger partial charge in [-0.3, -0.25) is 0 Å². The largest absolute Gasteiger partial charge is 0.446 e. The molecule has 0 atom stereocenters. The van der Waals surface area contributed by atoms with Gasteiger partial charge in [0.15, 0.2) is 0 Å². The third-order valence-corrected chi connectivity index (χ3v) is 5.81. The van der Waals surface area contributed by atoms with Crippen LogP contribution in [-0.4, -0.2) is 25.3 Å². The Morgan fingerprint density at radius 2 is 1.64 bits per heavy atom. The first-order valence-corrected chi connectivity index (χ1v) is 9.19. The molecule has 0 bridgehead atoms. The number of hydrogen-bond acceptors (Lipinski definition) is 4. The Balaban J connectivity index is 2.15. The molecule has 132 valence electrons. The van der Waals surface area contributed by atoms with Crippen LogP contribution < -0.4 is 0 Å². The molecule has 2 aromatic rings. The van der Waals surface area contributed by atoms with E-state index in [9.17, 15) is 21.6 Å². The summed E-state index contributed by atoms with van der Waals surface area (Å²) in [7, 11) is -2.45.